The van der Waals surface area contributed by atoms with Crippen molar-refractivity contribution < 1.29 is 8.42 Å². The summed E-state index contributed by atoms with van der Waals surface area (Å²) in [6, 6.07) is 10.9. The van der Waals surface area contributed by atoms with Crippen molar-refractivity contribution in [2.45, 2.75) is 9.24 Å². The van der Waals surface area contributed by atoms with E-state index >= 15 is 0 Å². The second kappa shape index (κ2) is 5.16. The van der Waals surface area contributed by atoms with Crippen molar-refractivity contribution in [2.75, 3.05) is 11.0 Å². The minimum Gasteiger partial charge on any atom is -0.348 e. The molecule has 0 atom stereocenters. The summed E-state index contributed by atoms with van der Waals surface area (Å²) in [5.74, 6) is 0. The molecule has 0 radical (unpaired) electrons. The molecule has 0 aliphatic heterocycles. The van der Waals surface area contributed by atoms with Gasteiger partial charge in [0.1, 0.15) is 4.21 Å². The highest BCUT2D eigenvalue weighted by Gasteiger charge is 2.17. The fourth-order valence-electron chi connectivity index (χ4n) is 1.94. The molecule has 0 aliphatic carbocycles. The Hall–Kier alpha value is -1.44. The van der Waals surface area contributed by atoms with Crippen LogP contribution in [0.3, 0.4) is 0 Å². The normalized spacial score (nSPS) is 11.8. The van der Waals surface area contributed by atoms with Crippen molar-refractivity contribution in [2.24, 2.45) is 0 Å². The number of thiophene rings is 1. The van der Waals surface area contributed by atoms with Gasteiger partial charge in [-0.3, -0.25) is 4.72 Å². The zero-order valence-corrected chi connectivity index (χ0v) is 13.0. The highest BCUT2D eigenvalue weighted by atomic mass is 32.2. The van der Waals surface area contributed by atoms with Gasteiger partial charge in [-0.1, -0.05) is 18.2 Å². The number of aromatic amines is 1. The SMILES string of the molecule is CSc1cc2cccc(NS(=O)(=O)c3cccs3)c2[nH]1. The van der Waals surface area contributed by atoms with Gasteiger partial charge in [0.25, 0.3) is 10.0 Å². The van der Waals surface area contributed by atoms with Crippen molar-refractivity contribution in [3.63, 3.8) is 0 Å². The molecule has 0 unspecified atom stereocenters. The number of nitrogens with one attached hydrogen (secondary N) is 2. The Labute approximate surface area is 125 Å². The van der Waals surface area contributed by atoms with Gasteiger partial charge < -0.3 is 4.98 Å². The average molecular weight is 324 g/mol. The topological polar surface area (TPSA) is 62.0 Å². The molecule has 1 aromatic carbocycles. The Morgan fingerprint density at radius 2 is 2.10 bits per heavy atom. The van der Waals surface area contributed by atoms with Gasteiger partial charge in [0.2, 0.25) is 0 Å². The Bertz CT molecular complexity index is 836. The van der Waals surface area contributed by atoms with E-state index in [9.17, 15) is 8.42 Å². The van der Waals surface area contributed by atoms with Crippen LogP contribution in [0, 0.1) is 0 Å². The molecule has 0 amide bonds. The predicted molar refractivity (Wildman–Crippen MR) is 85.2 cm³/mol. The predicted octanol–water partition coefficient (Wildman–Crippen LogP) is 3.75. The van der Waals surface area contributed by atoms with Crippen LogP contribution < -0.4 is 4.72 Å². The lowest BCUT2D eigenvalue weighted by Gasteiger charge is -2.07. The molecule has 0 saturated heterocycles. The van der Waals surface area contributed by atoms with Crippen LogP contribution in [-0.4, -0.2) is 19.7 Å². The molecule has 104 valence electrons. The van der Waals surface area contributed by atoms with Crippen LogP contribution in [0.15, 0.2) is 51.0 Å². The summed E-state index contributed by atoms with van der Waals surface area (Å²) in [6.45, 7) is 0. The first-order chi connectivity index (χ1) is 9.60. The van der Waals surface area contributed by atoms with Gasteiger partial charge in [-0.25, -0.2) is 8.42 Å². The minimum absolute atomic E-state index is 0.311. The number of fused-ring (bicyclic) bond motifs is 1. The first-order valence-corrected chi connectivity index (χ1v) is 9.41. The number of para-hydroxylation sites is 1. The van der Waals surface area contributed by atoms with Crippen LogP contribution in [0.5, 0.6) is 0 Å². The first-order valence-electron chi connectivity index (χ1n) is 5.82. The van der Waals surface area contributed by atoms with E-state index in [1.807, 2.05) is 24.5 Å². The standard InChI is InChI=1S/C13H12N2O2S3/c1-18-11-8-9-4-2-5-10(13(9)14-11)15-20(16,17)12-6-3-7-19-12/h2-8,14-15H,1H3. The Kier molecular flexibility index (Phi) is 3.49. The van der Waals surface area contributed by atoms with E-state index in [1.165, 1.54) is 11.3 Å². The number of rotatable bonds is 4. The molecule has 0 fully saturated rings. The summed E-state index contributed by atoms with van der Waals surface area (Å²) >= 11 is 2.79. The van der Waals surface area contributed by atoms with Crippen LogP contribution in [0.2, 0.25) is 0 Å². The van der Waals surface area contributed by atoms with Gasteiger partial charge in [-0.05, 0) is 29.8 Å². The third-order valence-electron chi connectivity index (χ3n) is 2.86. The average Bonchev–Trinajstić information content (AvgIpc) is 3.08. The van der Waals surface area contributed by atoms with E-state index in [4.69, 9.17) is 0 Å². The molecular formula is C13H12N2O2S3. The number of hydrogen-bond acceptors (Lipinski definition) is 4. The second-order valence-corrected chi connectivity index (χ2v) is 7.85. The minimum atomic E-state index is -3.52. The smallest absolute Gasteiger partial charge is 0.271 e. The number of sulfonamides is 1. The maximum atomic E-state index is 12.3. The van der Waals surface area contributed by atoms with Crippen molar-refractivity contribution in [1.82, 2.24) is 4.98 Å². The molecule has 2 N–H and O–H groups in total. The van der Waals surface area contributed by atoms with E-state index in [1.54, 1.807) is 35.3 Å². The number of hydrogen-bond donors (Lipinski definition) is 2. The summed E-state index contributed by atoms with van der Waals surface area (Å²) in [5.41, 5.74) is 1.37. The molecule has 0 saturated carbocycles. The van der Waals surface area contributed by atoms with Crippen LogP contribution in [0.4, 0.5) is 5.69 Å². The van der Waals surface area contributed by atoms with E-state index in [2.05, 4.69) is 9.71 Å². The highest BCUT2D eigenvalue weighted by Crippen LogP contribution is 2.29. The van der Waals surface area contributed by atoms with Crippen LogP contribution >= 0.6 is 23.1 Å². The molecule has 3 aromatic rings. The molecule has 0 bridgehead atoms. The Morgan fingerprint density at radius 3 is 2.80 bits per heavy atom. The van der Waals surface area contributed by atoms with E-state index < -0.39 is 10.0 Å². The Balaban J connectivity index is 2.05. The summed E-state index contributed by atoms with van der Waals surface area (Å²) in [4.78, 5) is 3.22. The quantitative estimate of drug-likeness (QED) is 0.718. The molecular weight excluding hydrogens is 312 g/mol. The number of benzene rings is 1. The van der Waals surface area contributed by atoms with Crippen molar-refractivity contribution >= 4 is 49.7 Å². The number of anilines is 1. The second-order valence-electron chi connectivity index (χ2n) is 4.15. The lowest BCUT2D eigenvalue weighted by molar-refractivity contribution is 0.603. The van der Waals surface area contributed by atoms with Crippen LogP contribution in [0.25, 0.3) is 10.9 Å². The third kappa shape index (κ3) is 2.44. The largest absolute Gasteiger partial charge is 0.348 e. The maximum Gasteiger partial charge on any atom is 0.271 e. The molecule has 2 aromatic heterocycles. The fraction of sp³-hybridized carbons (Fsp3) is 0.0769. The van der Waals surface area contributed by atoms with E-state index in [0.717, 1.165) is 15.9 Å². The van der Waals surface area contributed by atoms with Crippen molar-refractivity contribution in [3.05, 3.63) is 41.8 Å². The monoisotopic (exact) mass is 324 g/mol. The zero-order valence-electron chi connectivity index (χ0n) is 10.6. The summed E-state index contributed by atoms with van der Waals surface area (Å²) in [5, 5.41) is 3.74. The van der Waals surface area contributed by atoms with Gasteiger partial charge in [0.05, 0.1) is 16.2 Å². The third-order valence-corrected chi connectivity index (χ3v) is 6.28. The maximum absolute atomic E-state index is 12.3. The summed E-state index contributed by atoms with van der Waals surface area (Å²) in [6.07, 6.45) is 1.97. The fourth-order valence-corrected chi connectivity index (χ4v) is 4.45. The molecule has 20 heavy (non-hydrogen) atoms. The summed E-state index contributed by atoms with van der Waals surface area (Å²) < 4.78 is 27.5. The molecule has 4 nitrogen and oxygen atoms in total. The van der Waals surface area contributed by atoms with E-state index in [-0.39, 0.29) is 0 Å². The zero-order chi connectivity index (χ0) is 14.2. The molecule has 2 heterocycles. The van der Waals surface area contributed by atoms with Crippen molar-refractivity contribution in [3.8, 4) is 0 Å². The van der Waals surface area contributed by atoms with Crippen molar-refractivity contribution in [1.29, 1.82) is 0 Å². The van der Waals surface area contributed by atoms with E-state index in [0.29, 0.717) is 9.90 Å². The van der Waals surface area contributed by atoms with Gasteiger partial charge in [-0.2, -0.15) is 0 Å². The van der Waals surface area contributed by atoms with Gasteiger partial charge in [0, 0.05) is 5.39 Å². The number of thioether (sulfide) groups is 1. The molecule has 3 rings (SSSR count). The highest BCUT2D eigenvalue weighted by molar-refractivity contribution is 7.98. The lowest BCUT2D eigenvalue weighted by Crippen LogP contribution is -2.11. The number of aromatic nitrogens is 1. The molecule has 0 spiro atoms. The first kappa shape index (κ1) is 13.5. The molecule has 7 heteroatoms. The van der Waals surface area contributed by atoms with Gasteiger partial charge in [-0.15, -0.1) is 23.1 Å². The Morgan fingerprint density at radius 1 is 1.25 bits per heavy atom. The van der Waals surface area contributed by atoms with Crippen LogP contribution in [0.1, 0.15) is 0 Å². The molecule has 0 aliphatic rings. The van der Waals surface area contributed by atoms with Gasteiger partial charge >= 0.3 is 0 Å². The summed E-state index contributed by atoms with van der Waals surface area (Å²) in [7, 11) is -3.52. The lowest BCUT2D eigenvalue weighted by atomic mass is 10.2. The van der Waals surface area contributed by atoms with Crippen LogP contribution in [-0.2, 0) is 10.0 Å². The van der Waals surface area contributed by atoms with Gasteiger partial charge in [0.15, 0.2) is 0 Å². The number of H-pyrrole nitrogens is 1.